The number of nitrogens with one attached hydrogen (secondary N) is 1. The van der Waals surface area contributed by atoms with E-state index in [0.717, 1.165) is 31.8 Å². The van der Waals surface area contributed by atoms with Crippen molar-refractivity contribution in [3.05, 3.63) is 0 Å². The van der Waals surface area contributed by atoms with Crippen LogP contribution in [0.1, 0.15) is 52.4 Å². The van der Waals surface area contributed by atoms with E-state index in [-0.39, 0.29) is 5.97 Å². The average molecular weight is 294 g/mol. The first kappa shape index (κ1) is 15.3. The van der Waals surface area contributed by atoms with Crippen LogP contribution < -0.4 is 5.32 Å². The zero-order valence-electron chi connectivity index (χ0n) is 13.7. The number of carbonyl (C=O) groups excluding carboxylic acids is 1. The number of esters is 1. The molecule has 0 saturated heterocycles. The van der Waals surface area contributed by atoms with E-state index in [2.05, 4.69) is 24.1 Å². The SMILES string of the molecule is COC(=O)C(CN(CC1CC1)C(C)C)(NC1CC1)C1CC1. The lowest BCUT2D eigenvalue weighted by Crippen LogP contribution is -2.62. The molecule has 3 aliphatic carbocycles. The van der Waals surface area contributed by atoms with Gasteiger partial charge in [-0.15, -0.1) is 0 Å². The molecule has 0 aromatic heterocycles. The molecule has 0 spiro atoms. The lowest BCUT2D eigenvalue weighted by atomic mass is 9.91. The van der Waals surface area contributed by atoms with Gasteiger partial charge < -0.3 is 4.74 Å². The maximum absolute atomic E-state index is 12.6. The van der Waals surface area contributed by atoms with Crippen molar-refractivity contribution in [1.29, 1.82) is 0 Å². The van der Waals surface area contributed by atoms with Crippen LogP contribution in [-0.4, -0.2) is 48.7 Å². The second kappa shape index (κ2) is 5.88. The number of rotatable bonds is 9. The Labute approximate surface area is 128 Å². The highest BCUT2D eigenvalue weighted by atomic mass is 16.5. The van der Waals surface area contributed by atoms with E-state index in [1.165, 1.54) is 32.8 Å². The third-order valence-electron chi connectivity index (χ3n) is 5.24. The lowest BCUT2D eigenvalue weighted by Gasteiger charge is -2.39. The summed E-state index contributed by atoms with van der Waals surface area (Å²) in [6.07, 6.45) is 7.43. The first-order chi connectivity index (χ1) is 10.0. The normalized spacial score (nSPS) is 25.2. The van der Waals surface area contributed by atoms with E-state index < -0.39 is 5.54 Å². The third-order valence-corrected chi connectivity index (χ3v) is 5.24. The van der Waals surface area contributed by atoms with Gasteiger partial charge >= 0.3 is 5.97 Å². The molecule has 0 aromatic carbocycles. The second-order valence-corrected chi connectivity index (χ2v) is 7.62. The quantitative estimate of drug-likeness (QED) is 0.662. The smallest absolute Gasteiger partial charge is 0.327 e. The maximum Gasteiger partial charge on any atom is 0.327 e. The summed E-state index contributed by atoms with van der Waals surface area (Å²) >= 11 is 0. The molecule has 21 heavy (non-hydrogen) atoms. The Kier molecular flexibility index (Phi) is 4.28. The van der Waals surface area contributed by atoms with Gasteiger partial charge in [0.1, 0.15) is 5.54 Å². The predicted molar refractivity (Wildman–Crippen MR) is 83.1 cm³/mol. The fraction of sp³-hybridized carbons (Fsp3) is 0.941. The van der Waals surface area contributed by atoms with Gasteiger partial charge in [0.2, 0.25) is 0 Å². The zero-order valence-corrected chi connectivity index (χ0v) is 13.7. The molecule has 3 fully saturated rings. The summed E-state index contributed by atoms with van der Waals surface area (Å²) in [5.41, 5.74) is -0.463. The van der Waals surface area contributed by atoms with E-state index >= 15 is 0 Å². The number of methoxy groups -OCH3 is 1. The summed E-state index contributed by atoms with van der Waals surface area (Å²) in [5, 5.41) is 3.68. The fourth-order valence-corrected chi connectivity index (χ4v) is 3.34. The van der Waals surface area contributed by atoms with Gasteiger partial charge in [-0.3, -0.25) is 10.2 Å². The predicted octanol–water partition coefficient (Wildman–Crippen LogP) is 2.18. The highest BCUT2D eigenvalue weighted by Gasteiger charge is 2.54. The Bertz CT molecular complexity index is 386. The van der Waals surface area contributed by atoms with E-state index in [4.69, 9.17) is 4.74 Å². The van der Waals surface area contributed by atoms with Crippen molar-refractivity contribution in [3.63, 3.8) is 0 Å². The van der Waals surface area contributed by atoms with Gasteiger partial charge in [-0.1, -0.05) is 0 Å². The minimum atomic E-state index is -0.463. The van der Waals surface area contributed by atoms with Crippen LogP contribution in [0.2, 0.25) is 0 Å². The van der Waals surface area contributed by atoms with Crippen LogP contribution in [-0.2, 0) is 9.53 Å². The third kappa shape index (κ3) is 3.59. The van der Waals surface area contributed by atoms with Crippen molar-refractivity contribution in [3.8, 4) is 0 Å². The van der Waals surface area contributed by atoms with Gasteiger partial charge in [-0.2, -0.15) is 0 Å². The Morgan fingerprint density at radius 3 is 2.33 bits per heavy atom. The molecule has 1 atom stereocenters. The van der Waals surface area contributed by atoms with Crippen LogP contribution in [0.25, 0.3) is 0 Å². The summed E-state index contributed by atoms with van der Waals surface area (Å²) < 4.78 is 5.22. The second-order valence-electron chi connectivity index (χ2n) is 7.62. The number of ether oxygens (including phenoxy) is 1. The maximum atomic E-state index is 12.6. The molecule has 3 aliphatic rings. The van der Waals surface area contributed by atoms with Gasteiger partial charge in [0.25, 0.3) is 0 Å². The monoisotopic (exact) mass is 294 g/mol. The average Bonchev–Trinajstić information content (AvgIpc) is 3.24. The first-order valence-corrected chi connectivity index (χ1v) is 8.65. The van der Waals surface area contributed by atoms with Crippen LogP contribution in [0.5, 0.6) is 0 Å². The minimum absolute atomic E-state index is 0.0432. The number of nitrogens with zero attached hydrogens (tertiary/aromatic N) is 1. The van der Waals surface area contributed by atoms with Gasteiger partial charge in [0, 0.05) is 25.2 Å². The minimum Gasteiger partial charge on any atom is -0.468 e. The van der Waals surface area contributed by atoms with Gasteiger partial charge in [-0.05, 0) is 64.2 Å². The van der Waals surface area contributed by atoms with E-state index in [9.17, 15) is 4.79 Å². The van der Waals surface area contributed by atoms with E-state index in [1.54, 1.807) is 0 Å². The first-order valence-electron chi connectivity index (χ1n) is 8.65. The summed E-state index contributed by atoms with van der Waals surface area (Å²) in [7, 11) is 1.54. The van der Waals surface area contributed by atoms with Crippen LogP contribution in [0.4, 0.5) is 0 Å². The summed E-state index contributed by atoms with van der Waals surface area (Å²) in [6, 6.07) is 1.01. The number of hydrogen-bond acceptors (Lipinski definition) is 4. The summed E-state index contributed by atoms with van der Waals surface area (Å²) in [5.74, 6) is 1.27. The Morgan fingerprint density at radius 2 is 1.90 bits per heavy atom. The van der Waals surface area contributed by atoms with Crippen molar-refractivity contribution < 1.29 is 9.53 Å². The van der Waals surface area contributed by atoms with Crippen molar-refractivity contribution >= 4 is 5.97 Å². The molecule has 1 unspecified atom stereocenters. The summed E-state index contributed by atoms with van der Waals surface area (Å²) in [6.45, 7) is 6.44. The highest BCUT2D eigenvalue weighted by Crippen LogP contribution is 2.43. The van der Waals surface area contributed by atoms with Crippen molar-refractivity contribution in [2.45, 2.75) is 70.0 Å². The molecule has 4 heteroatoms. The standard InChI is InChI=1S/C17H30N2O2/c1-12(2)19(10-13-4-5-13)11-17(14-6-7-14,16(20)21-3)18-15-8-9-15/h12-15,18H,4-11H2,1-3H3. The molecule has 3 rings (SSSR count). The van der Waals surface area contributed by atoms with Crippen molar-refractivity contribution in [2.24, 2.45) is 11.8 Å². The van der Waals surface area contributed by atoms with Gasteiger partial charge in [-0.25, -0.2) is 4.79 Å². The molecule has 0 aromatic rings. The zero-order chi connectivity index (χ0) is 15.0. The van der Waals surface area contributed by atoms with E-state index in [1.807, 2.05) is 0 Å². The van der Waals surface area contributed by atoms with Crippen LogP contribution in [0.15, 0.2) is 0 Å². The van der Waals surface area contributed by atoms with Gasteiger partial charge in [0.05, 0.1) is 7.11 Å². The Morgan fingerprint density at radius 1 is 1.24 bits per heavy atom. The molecule has 0 amide bonds. The molecule has 120 valence electrons. The molecular weight excluding hydrogens is 264 g/mol. The van der Waals surface area contributed by atoms with Crippen LogP contribution in [0, 0.1) is 11.8 Å². The van der Waals surface area contributed by atoms with Crippen molar-refractivity contribution in [2.75, 3.05) is 20.2 Å². The molecule has 0 radical (unpaired) electrons. The topological polar surface area (TPSA) is 41.6 Å². The fourth-order valence-electron chi connectivity index (χ4n) is 3.34. The Balaban J connectivity index is 1.76. The Hall–Kier alpha value is -0.610. The highest BCUT2D eigenvalue weighted by molar-refractivity contribution is 5.82. The van der Waals surface area contributed by atoms with Gasteiger partial charge in [0.15, 0.2) is 0 Å². The molecule has 0 aliphatic heterocycles. The van der Waals surface area contributed by atoms with Crippen LogP contribution in [0.3, 0.4) is 0 Å². The molecule has 1 N–H and O–H groups in total. The van der Waals surface area contributed by atoms with Crippen LogP contribution >= 0.6 is 0 Å². The molecule has 0 bridgehead atoms. The molecule has 3 saturated carbocycles. The summed E-state index contributed by atoms with van der Waals surface area (Å²) in [4.78, 5) is 15.1. The van der Waals surface area contributed by atoms with Crippen molar-refractivity contribution in [1.82, 2.24) is 10.2 Å². The molecule has 0 heterocycles. The van der Waals surface area contributed by atoms with E-state index in [0.29, 0.717) is 18.0 Å². The molecular formula is C17H30N2O2. The lowest BCUT2D eigenvalue weighted by molar-refractivity contribution is -0.151. The number of hydrogen-bond donors (Lipinski definition) is 1. The molecule has 4 nitrogen and oxygen atoms in total. The largest absolute Gasteiger partial charge is 0.468 e. The number of carbonyl (C=O) groups is 1.